The molecule has 9 nitrogen and oxygen atoms in total. The van der Waals surface area contributed by atoms with Gasteiger partial charge in [-0.2, -0.15) is 20.1 Å². The van der Waals surface area contributed by atoms with Gasteiger partial charge in [-0.3, -0.25) is 0 Å². The van der Waals surface area contributed by atoms with Gasteiger partial charge < -0.3 is 19.3 Å². The minimum absolute atomic E-state index is 0.192. The average Bonchev–Trinajstić information content (AvgIpc) is 2.77. The molecular weight excluding hydrogens is 401 g/mol. The van der Waals surface area contributed by atoms with Crippen LogP contribution in [0.2, 0.25) is 5.02 Å². The maximum atomic E-state index is 13.9. The second-order valence-electron chi connectivity index (χ2n) is 6.46. The first-order valence-corrected chi connectivity index (χ1v) is 9.73. The molecule has 3 heterocycles. The summed E-state index contributed by atoms with van der Waals surface area (Å²) in [6.07, 6.45) is 1.31. The number of aromatic nitrogens is 3. The highest BCUT2D eigenvalue weighted by Crippen LogP contribution is 2.19. The van der Waals surface area contributed by atoms with Crippen LogP contribution in [-0.2, 0) is 9.47 Å². The molecule has 0 amide bonds. The summed E-state index contributed by atoms with van der Waals surface area (Å²) in [6.45, 7) is 5.24. The molecule has 0 bridgehead atoms. The first-order valence-electron chi connectivity index (χ1n) is 9.35. The molecule has 1 aromatic heterocycles. The third kappa shape index (κ3) is 4.89. The molecule has 2 saturated heterocycles. The maximum absolute atomic E-state index is 13.9. The van der Waals surface area contributed by atoms with E-state index in [0.717, 1.165) is 0 Å². The summed E-state index contributed by atoms with van der Waals surface area (Å²) >= 11 is 6.03. The zero-order chi connectivity index (χ0) is 20.1. The summed E-state index contributed by atoms with van der Waals surface area (Å²) in [4.78, 5) is 17.6. The average molecular weight is 422 g/mol. The summed E-state index contributed by atoms with van der Waals surface area (Å²) in [5.74, 6) is 0.909. The highest BCUT2D eigenvalue weighted by molar-refractivity contribution is 6.33. The van der Waals surface area contributed by atoms with E-state index in [9.17, 15) is 4.39 Å². The zero-order valence-corrected chi connectivity index (χ0v) is 16.5. The molecule has 2 fully saturated rings. The van der Waals surface area contributed by atoms with E-state index in [1.807, 2.05) is 9.80 Å². The Bertz CT molecular complexity index is 817. The van der Waals surface area contributed by atoms with Gasteiger partial charge in [0.1, 0.15) is 5.82 Å². The molecule has 2 aliphatic rings. The van der Waals surface area contributed by atoms with Gasteiger partial charge in [0.25, 0.3) is 0 Å². The Hall–Kier alpha value is -2.56. The Labute approximate surface area is 172 Å². The summed E-state index contributed by atoms with van der Waals surface area (Å²) < 4.78 is 24.7. The Morgan fingerprint density at radius 1 is 0.966 bits per heavy atom. The topological polar surface area (TPSA) is 88.0 Å². The summed E-state index contributed by atoms with van der Waals surface area (Å²) in [7, 11) is 0. The third-order valence-corrected chi connectivity index (χ3v) is 4.89. The van der Waals surface area contributed by atoms with Crippen molar-refractivity contribution < 1.29 is 13.9 Å². The van der Waals surface area contributed by atoms with E-state index in [-0.39, 0.29) is 16.5 Å². The largest absolute Gasteiger partial charge is 0.378 e. The SMILES string of the molecule is Fc1cccc(Cl)c1/C=N/Nc1nc(N2CCOCC2)nc(N2CCOCC2)n1. The summed E-state index contributed by atoms with van der Waals surface area (Å²) in [5.41, 5.74) is 2.96. The van der Waals surface area contributed by atoms with Gasteiger partial charge in [-0.05, 0) is 12.1 Å². The molecule has 154 valence electrons. The Balaban J connectivity index is 1.58. The Morgan fingerprint density at radius 3 is 2.10 bits per heavy atom. The van der Waals surface area contributed by atoms with Crippen molar-refractivity contribution in [2.45, 2.75) is 0 Å². The Morgan fingerprint density at radius 2 is 1.55 bits per heavy atom. The number of hydrogen-bond donors (Lipinski definition) is 1. The minimum atomic E-state index is -0.457. The van der Waals surface area contributed by atoms with Crippen LogP contribution in [0.25, 0.3) is 0 Å². The van der Waals surface area contributed by atoms with Crippen LogP contribution in [0, 0.1) is 5.82 Å². The summed E-state index contributed by atoms with van der Waals surface area (Å²) in [5, 5.41) is 4.34. The van der Waals surface area contributed by atoms with Gasteiger partial charge in [0, 0.05) is 31.7 Å². The highest BCUT2D eigenvalue weighted by atomic mass is 35.5. The van der Waals surface area contributed by atoms with Crippen molar-refractivity contribution in [1.29, 1.82) is 0 Å². The quantitative estimate of drug-likeness (QED) is 0.577. The van der Waals surface area contributed by atoms with Gasteiger partial charge in [0.15, 0.2) is 0 Å². The van der Waals surface area contributed by atoms with E-state index >= 15 is 0 Å². The third-order valence-electron chi connectivity index (χ3n) is 4.56. The van der Waals surface area contributed by atoms with Crippen LogP contribution in [0.1, 0.15) is 5.56 Å². The number of hydrazone groups is 1. The number of nitrogens with one attached hydrogen (secondary N) is 1. The number of nitrogens with zero attached hydrogens (tertiary/aromatic N) is 6. The van der Waals surface area contributed by atoms with Crippen LogP contribution in [0.5, 0.6) is 0 Å². The van der Waals surface area contributed by atoms with Crippen molar-refractivity contribution in [3.05, 3.63) is 34.6 Å². The van der Waals surface area contributed by atoms with E-state index in [4.69, 9.17) is 21.1 Å². The maximum Gasteiger partial charge on any atom is 0.250 e. The van der Waals surface area contributed by atoms with E-state index in [2.05, 4.69) is 25.5 Å². The van der Waals surface area contributed by atoms with Crippen LogP contribution in [0.3, 0.4) is 0 Å². The van der Waals surface area contributed by atoms with Crippen molar-refractivity contribution in [2.75, 3.05) is 67.8 Å². The van der Waals surface area contributed by atoms with E-state index in [0.29, 0.717) is 64.5 Å². The number of morpholine rings is 2. The molecule has 0 radical (unpaired) electrons. The molecular formula is C18H21ClFN7O2. The molecule has 0 spiro atoms. The monoisotopic (exact) mass is 421 g/mol. The smallest absolute Gasteiger partial charge is 0.250 e. The zero-order valence-electron chi connectivity index (χ0n) is 15.7. The molecule has 0 atom stereocenters. The van der Waals surface area contributed by atoms with E-state index in [1.54, 1.807) is 6.07 Å². The van der Waals surface area contributed by atoms with Gasteiger partial charge in [-0.15, -0.1) is 0 Å². The standard InChI is InChI=1S/C18H21ClFN7O2/c19-14-2-1-3-15(20)13(14)12-21-25-16-22-17(26-4-8-28-9-5-26)24-18(23-16)27-6-10-29-11-7-27/h1-3,12H,4-11H2,(H,22,23,24,25)/b21-12+. The van der Waals surface area contributed by atoms with Gasteiger partial charge in [-0.1, -0.05) is 17.7 Å². The van der Waals surface area contributed by atoms with Crippen LogP contribution in [0.4, 0.5) is 22.2 Å². The van der Waals surface area contributed by atoms with Crippen LogP contribution in [-0.4, -0.2) is 73.8 Å². The van der Waals surface area contributed by atoms with Crippen molar-refractivity contribution in [1.82, 2.24) is 15.0 Å². The van der Waals surface area contributed by atoms with Gasteiger partial charge in [0.2, 0.25) is 17.8 Å². The number of benzene rings is 1. The number of halogens is 2. The normalized spacial score (nSPS) is 17.7. The van der Waals surface area contributed by atoms with Gasteiger partial charge >= 0.3 is 0 Å². The molecule has 29 heavy (non-hydrogen) atoms. The molecule has 0 aliphatic carbocycles. The molecule has 0 saturated carbocycles. The van der Waals surface area contributed by atoms with Gasteiger partial charge in [-0.25, -0.2) is 9.82 Å². The molecule has 1 aromatic carbocycles. The van der Waals surface area contributed by atoms with Crippen LogP contribution < -0.4 is 15.2 Å². The fraction of sp³-hybridized carbons (Fsp3) is 0.444. The predicted molar refractivity (Wildman–Crippen MR) is 109 cm³/mol. The molecule has 0 unspecified atom stereocenters. The van der Waals surface area contributed by atoms with Crippen molar-refractivity contribution >= 4 is 35.7 Å². The Kier molecular flexibility index (Phi) is 6.33. The fourth-order valence-corrected chi connectivity index (χ4v) is 3.21. The lowest BCUT2D eigenvalue weighted by Gasteiger charge is -2.30. The van der Waals surface area contributed by atoms with Crippen LogP contribution in [0.15, 0.2) is 23.3 Å². The predicted octanol–water partition coefficient (Wildman–Crippen LogP) is 1.78. The number of ether oxygens (including phenoxy) is 2. The lowest BCUT2D eigenvalue weighted by Crippen LogP contribution is -2.40. The summed E-state index contributed by atoms with van der Waals surface area (Å²) in [6, 6.07) is 4.46. The van der Waals surface area contributed by atoms with Crippen molar-refractivity contribution in [3.8, 4) is 0 Å². The van der Waals surface area contributed by atoms with Gasteiger partial charge in [0.05, 0.1) is 37.7 Å². The lowest BCUT2D eigenvalue weighted by molar-refractivity contribution is 0.121. The second-order valence-corrected chi connectivity index (χ2v) is 6.87. The first kappa shape index (κ1) is 19.7. The second kappa shape index (κ2) is 9.29. The van der Waals surface area contributed by atoms with Crippen LogP contribution >= 0.6 is 11.6 Å². The highest BCUT2D eigenvalue weighted by Gasteiger charge is 2.20. The molecule has 11 heteroatoms. The minimum Gasteiger partial charge on any atom is -0.378 e. The van der Waals surface area contributed by atoms with Crippen molar-refractivity contribution in [3.63, 3.8) is 0 Å². The molecule has 2 aliphatic heterocycles. The van der Waals surface area contributed by atoms with Crippen molar-refractivity contribution in [2.24, 2.45) is 5.10 Å². The fourth-order valence-electron chi connectivity index (χ4n) is 3.00. The van der Waals surface area contributed by atoms with E-state index < -0.39 is 5.82 Å². The molecule has 2 aromatic rings. The molecule has 4 rings (SSSR count). The first-order chi connectivity index (χ1) is 14.2. The number of rotatable bonds is 5. The van der Waals surface area contributed by atoms with E-state index in [1.165, 1.54) is 18.3 Å². The molecule has 1 N–H and O–H groups in total. The lowest BCUT2D eigenvalue weighted by atomic mass is 10.2. The number of hydrogen-bond acceptors (Lipinski definition) is 9. The number of anilines is 3.